The lowest BCUT2D eigenvalue weighted by Crippen LogP contribution is -2.51. The number of nitrogens with one attached hydrogen (secondary N) is 2. The molecule has 0 fully saturated rings. The SMILES string of the molecule is Cc1ccc(C(=O)N[C@H](NC(=O)c2ccc(Cl)cc2)C(Cl)Cl)cc1. The van der Waals surface area contributed by atoms with Crippen molar-refractivity contribution in [2.24, 2.45) is 0 Å². The lowest BCUT2D eigenvalue weighted by molar-refractivity contribution is 0.0888. The van der Waals surface area contributed by atoms with E-state index in [1.165, 1.54) is 0 Å². The molecule has 0 spiro atoms. The Morgan fingerprint density at radius 1 is 0.833 bits per heavy atom. The molecule has 2 aromatic carbocycles. The molecule has 1 atom stereocenters. The number of halogens is 3. The first-order valence-corrected chi connectivity index (χ1v) is 8.34. The summed E-state index contributed by atoms with van der Waals surface area (Å²) in [5.74, 6) is -0.810. The maximum absolute atomic E-state index is 12.2. The van der Waals surface area contributed by atoms with Crippen molar-refractivity contribution in [3.63, 3.8) is 0 Å². The Morgan fingerprint density at radius 2 is 1.25 bits per heavy atom. The van der Waals surface area contributed by atoms with Crippen LogP contribution in [-0.2, 0) is 0 Å². The number of hydrogen-bond acceptors (Lipinski definition) is 2. The predicted octanol–water partition coefficient (Wildman–Crippen LogP) is 3.94. The third kappa shape index (κ3) is 5.13. The van der Waals surface area contributed by atoms with Crippen molar-refractivity contribution in [1.82, 2.24) is 10.6 Å². The second-order valence-electron chi connectivity index (χ2n) is 5.13. The van der Waals surface area contributed by atoms with Gasteiger partial charge in [-0.2, -0.15) is 0 Å². The van der Waals surface area contributed by atoms with Crippen LogP contribution in [0.3, 0.4) is 0 Å². The first-order valence-electron chi connectivity index (χ1n) is 7.09. The predicted molar refractivity (Wildman–Crippen MR) is 96.8 cm³/mol. The molecular formula is C17H15Cl3N2O2. The van der Waals surface area contributed by atoms with E-state index < -0.39 is 16.9 Å². The van der Waals surface area contributed by atoms with Crippen LogP contribution < -0.4 is 10.6 Å². The third-order valence-electron chi connectivity index (χ3n) is 3.25. The van der Waals surface area contributed by atoms with E-state index in [9.17, 15) is 9.59 Å². The molecule has 2 aromatic rings. The molecule has 0 radical (unpaired) electrons. The first-order chi connectivity index (χ1) is 11.4. The molecule has 7 heteroatoms. The minimum Gasteiger partial charge on any atom is -0.329 e. The molecule has 0 aliphatic heterocycles. The van der Waals surface area contributed by atoms with Crippen molar-refractivity contribution >= 4 is 46.6 Å². The highest BCUT2D eigenvalue weighted by Gasteiger charge is 2.22. The van der Waals surface area contributed by atoms with Gasteiger partial charge in [0.05, 0.1) is 0 Å². The summed E-state index contributed by atoms with van der Waals surface area (Å²) in [7, 11) is 0. The fraction of sp³-hybridized carbons (Fsp3) is 0.176. The van der Waals surface area contributed by atoms with Crippen molar-refractivity contribution < 1.29 is 9.59 Å². The van der Waals surface area contributed by atoms with E-state index >= 15 is 0 Å². The molecule has 2 rings (SSSR count). The number of hydrogen-bond donors (Lipinski definition) is 2. The van der Waals surface area contributed by atoms with Crippen molar-refractivity contribution in [1.29, 1.82) is 0 Å². The fourth-order valence-electron chi connectivity index (χ4n) is 1.92. The van der Waals surface area contributed by atoms with E-state index in [0.29, 0.717) is 16.1 Å². The summed E-state index contributed by atoms with van der Waals surface area (Å²) in [4.78, 5) is 23.4. The molecule has 0 heterocycles. The van der Waals surface area contributed by atoms with E-state index in [1.54, 1.807) is 36.4 Å². The van der Waals surface area contributed by atoms with Gasteiger partial charge < -0.3 is 10.6 Å². The zero-order chi connectivity index (χ0) is 17.7. The Morgan fingerprint density at radius 3 is 1.67 bits per heavy atom. The van der Waals surface area contributed by atoms with Crippen LogP contribution in [0.2, 0.25) is 5.02 Å². The number of benzene rings is 2. The summed E-state index contributed by atoms with van der Waals surface area (Å²) >= 11 is 17.5. The first kappa shape index (κ1) is 18.6. The number of aryl methyl sites for hydroxylation is 1. The van der Waals surface area contributed by atoms with Crippen molar-refractivity contribution in [2.75, 3.05) is 0 Å². The molecule has 126 valence electrons. The van der Waals surface area contributed by atoms with E-state index in [0.717, 1.165) is 5.56 Å². The zero-order valence-corrected chi connectivity index (χ0v) is 15.0. The topological polar surface area (TPSA) is 58.2 Å². The maximum atomic E-state index is 12.2. The highest BCUT2D eigenvalue weighted by atomic mass is 35.5. The maximum Gasteiger partial charge on any atom is 0.252 e. The fourth-order valence-corrected chi connectivity index (χ4v) is 2.30. The Bertz CT molecular complexity index is 656. The van der Waals surface area contributed by atoms with E-state index in [2.05, 4.69) is 10.6 Å². The molecule has 4 nitrogen and oxygen atoms in total. The zero-order valence-electron chi connectivity index (χ0n) is 12.7. The molecule has 0 unspecified atom stereocenters. The van der Waals surface area contributed by atoms with Crippen LogP contribution in [0.5, 0.6) is 0 Å². The third-order valence-corrected chi connectivity index (χ3v) is 4.00. The van der Waals surface area contributed by atoms with Gasteiger partial charge in [0.2, 0.25) is 0 Å². The van der Waals surface area contributed by atoms with E-state index in [1.807, 2.05) is 19.1 Å². The lowest BCUT2D eigenvalue weighted by Gasteiger charge is -2.21. The van der Waals surface area contributed by atoms with Gasteiger partial charge in [0.1, 0.15) is 11.0 Å². The summed E-state index contributed by atoms with van der Waals surface area (Å²) in [6.45, 7) is 1.92. The van der Waals surface area contributed by atoms with Gasteiger partial charge in [0.25, 0.3) is 11.8 Å². The van der Waals surface area contributed by atoms with Crippen molar-refractivity contribution in [3.05, 3.63) is 70.2 Å². The van der Waals surface area contributed by atoms with Gasteiger partial charge in [-0.25, -0.2) is 0 Å². The quantitative estimate of drug-likeness (QED) is 0.605. The monoisotopic (exact) mass is 384 g/mol. The van der Waals surface area contributed by atoms with Crippen LogP contribution in [0.1, 0.15) is 26.3 Å². The smallest absolute Gasteiger partial charge is 0.252 e. The summed E-state index contributed by atoms with van der Waals surface area (Å²) < 4.78 is 0. The number of carbonyl (C=O) groups excluding carboxylic acids is 2. The number of carbonyl (C=O) groups is 2. The second kappa shape index (κ2) is 8.38. The Labute approximate surface area is 155 Å². The van der Waals surface area contributed by atoms with Gasteiger partial charge in [-0.05, 0) is 43.3 Å². The van der Waals surface area contributed by atoms with Crippen molar-refractivity contribution in [2.45, 2.75) is 17.9 Å². The van der Waals surface area contributed by atoms with Gasteiger partial charge >= 0.3 is 0 Å². The Hall–Kier alpha value is -1.75. The number of rotatable bonds is 5. The van der Waals surface area contributed by atoms with Crippen molar-refractivity contribution in [3.8, 4) is 0 Å². The van der Waals surface area contributed by atoms with E-state index in [4.69, 9.17) is 34.8 Å². The highest BCUT2D eigenvalue weighted by Crippen LogP contribution is 2.12. The van der Waals surface area contributed by atoms with Gasteiger partial charge in [-0.1, -0.05) is 29.3 Å². The number of amides is 2. The summed E-state index contributed by atoms with van der Waals surface area (Å²) in [6, 6.07) is 13.3. The second-order valence-corrected chi connectivity index (χ2v) is 6.73. The Balaban J connectivity index is 2.06. The van der Waals surface area contributed by atoms with Crippen LogP contribution >= 0.6 is 34.8 Å². The molecule has 2 amide bonds. The minimum atomic E-state index is -1.02. The molecule has 2 N–H and O–H groups in total. The average Bonchev–Trinajstić information content (AvgIpc) is 2.55. The normalized spacial score (nSPS) is 11.9. The van der Waals surface area contributed by atoms with Crippen LogP contribution in [-0.4, -0.2) is 22.8 Å². The highest BCUT2D eigenvalue weighted by molar-refractivity contribution is 6.45. The minimum absolute atomic E-state index is 0.378. The molecule has 0 aromatic heterocycles. The van der Waals surface area contributed by atoms with Crippen LogP contribution in [0.15, 0.2) is 48.5 Å². The summed E-state index contributed by atoms with van der Waals surface area (Å²) in [6.07, 6.45) is -0.940. The molecular weight excluding hydrogens is 371 g/mol. The molecule has 0 saturated heterocycles. The Kier molecular flexibility index (Phi) is 6.49. The summed E-state index contributed by atoms with van der Waals surface area (Å²) in [5, 5.41) is 5.71. The standard InChI is InChI=1S/C17H15Cl3N2O2/c1-10-2-4-11(5-3-10)16(23)21-15(14(19)20)22-17(24)12-6-8-13(18)9-7-12/h2-9,14-15H,1H3,(H,21,23)(H,22,24)/t15-/m1/s1. The van der Waals surface area contributed by atoms with Gasteiger partial charge in [0.15, 0.2) is 0 Å². The average molecular weight is 386 g/mol. The van der Waals surface area contributed by atoms with Crippen LogP contribution in [0, 0.1) is 6.92 Å². The molecule has 0 aliphatic rings. The van der Waals surface area contributed by atoms with E-state index in [-0.39, 0.29) is 5.91 Å². The van der Waals surface area contributed by atoms with Gasteiger partial charge in [-0.15, -0.1) is 23.2 Å². The van der Waals surface area contributed by atoms with Gasteiger partial charge in [-0.3, -0.25) is 9.59 Å². The van der Waals surface area contributed by atoms with Gasteiger partial charge in [0, 0.05) is 16.1 Å². The molecule has 0 bridgehead atoms. The lowest BCUT2D eigenvalue weighted by atomic mass is 10.1. The summed E-state index contributed by atoms with van der Waals surface area (Å²) in [5.41, 5.74) is 1.86. The molecule has 24 heavy (non-hydrogen) atoms. The number of alkyl halides is 2. The largest absolute Gasteiger partial charge is 0.329 e. The van der Waals surface area contributed by atoms with Crippen LogP contribution in [0.25, 0.3) is 0 Å². The molecule has 0 saturated carbocycles. The molecule has 0 aliphatic carbocycles. The van der Waals surface area contributed by atoms with Crippen LogP contribution in [0.4, 0.5) is 0 Å².